The number of aryl methyl sites for hydroxylation is 1. The molecule has 0 saturated carbocycles. The topological polar surface area (TPSA) is 64.0 Å². The van der Waals surface area contributed by atoms with Crippen LogP contribution in [0.4, 0.5) is 0 Å². The van der Waals surface area contributed by atoms with Crippen molar-refractivity contribution in [2.45, 2.75) is 6.54 Å². The highest BCUT2D eigenvalue weighted by atomic mass is 16.1. The van der Waals surface area contributed by atoms with Crippen molar-refractivity contribution in [3.8, 4) is 0 Å². The van der Waals surface area contributed by atoms with Crippen LogP contribution in [0.3, 0.4) is 0 Å². The average Bonchev–Trinajstić information content (AvgIpc) is 2.82. The first-order chi connectivity index (χ1) is 8.69. The minimum atomic E-state index is -0.170. The van der Waals surface area contributed by atoms with Crippen molar-refractivity contribution in [1.82, 2.24) is 15.1 Å². The number of aromatic nitrogens is 2. The quantitative estimate of drug-likeness (QED) is 0.820. The summed E-state index contributed by atoms with van der Waals surface area (Å²) in [6, 6.07) is 6.49. The Labute approximate surface area is 104 Å². The van der Waals surface area contributed by atoms with Crippen molar-refractivity contribution in [3.63, 3.8) is 0 Å². The molecular weight excluding hydrogens is 230 g/mol. The Balaban J connectivity index is 1.96. The van der Waals surface area contributed by atoms with Gasteiger partial charge in [-0.05, 0) is 12.1 Å². The summed E-state index contributed by atoms with van der Waals surface area (Å²) in [7, 11) is 1.82. The number of nitrogens with one attached hydrogen (secondary N) is 1. The third-order valence-corrected chi connectivity index (χ3v) is 2.52. The van der Waals surface area contributed by atoms with E-state index in [0.717, 1.165) is 11.8 Å². The fraction of sp³-hybridized carbons (Fsp3) is 0.154. The molecule has 5 nitrogen and oxygen atoms in total. The molecule has 1 N–H and O–H groups in total. The second-order valence-electron chi connectivity index (χ2n) is 3.94. The van der Waals surface area contributed by atoms with Gasteiger partial charge in [-0.2, -0.15) is 5.10 Å². The number of rotatable bonds is 4. The second-order valence-corrected chi connectivity index (χ2v) is 3.94. The molecule has 0 aliphatic heterocycles. The summed E-state index contributed by atoms with van der Waals surface area (Å²) in [5.74, 6) is -0.170. The van der Waals surface area contributed by atoms with Gasteiger partial charge >= 0.3 is 0 Å². The van der Waals surface area contributed by atoms with Crippen LogP contribution in [0.1, 0.15) is 26.3 Å². The standard InChI is InChI=1S/C13H13N3O2/c1-16-8-11(7-15-16)6-14-13(18)12-4-2-10(9-17)3-5-12/h2-5,7-9H,6H2,1H3,(H,14,18). The van der Waals surface area contributed by atoms with Gasteiger partial charge in [0.1, 0.15) is 6.29 Å². The van der Waals surface area contributed by atoms with Gasteiger partial charge in [-0.15, -0.1) is 0 Å². The van der Waals surface area contributed by atoms with Gasteiger partial charge in [-0.3, -0.25) is 14.3 Å². The minimum absolute atomic E-state index is 0.170. The van der Waals surface area contributed by atoms with Crippen LogP contribution < -0.4 is 5.32 Å². The largest absolute Gasteiger partial charge is 0.348 e. The van der Waals surface area contributed by atoms with Gasteiger partial charge in [0.2, 0.25) is 0 Å². The molecule has 18 heavy (non-hydrogen) atoms. The molecular formula is C13H13N3O2. The number of nitrogens with zero attached hydrogens (tertiary/aromatic N) is 2. The number of hydrogen-bond donors (Lipinski definition) is 1. The monoisotopic (exact) mass is 243 g/mol. The van der Waals surface area contributed by atoms with Gasteiger partial charge in [0.05, 0.1) is 6.20 Å². The summed E-state index contributed by atoms with van der Waals surface area (Å²) in [6.07, 6.45) is 4.29. The lowest BCUT2D eigenvalue weighted by Crippen LogP contribution is -2.22. The molecule has 0 aliphatic carbocycles. The van der Waals surface area contributed by atoms with Crippen molar-refractivity contribution in [1.29, 1.82) is 0 Å². The summed E-state index contributed by atoms with van der Waals surface area (Å²) >= 11 is 0. The molecule has 2 aromatic rings. The summed E-state index contributed by atoms with van der Waals surface area (Å²) in [4.78, 5) is 22.3. The van der Waals surface area contributed by atoms with Gasteiger partial charge in [-0.25, -0.2) is 0 Å². The summed E-state index contributed by atoms with van der Waals surface area (Å²) < 4.78 is 1.68. The van der Waals surface area contributed by atoms with Crippen LogP contribution in [0, 0.1) is 0 Å². The van der Waals surface area contributed by atoms with Gasteiger partial charge in [0, 0.05) is 36.5 Å². The van der Waals surface area contributed by atoms with Gasteiger partial charge < -0.3 is 5.32 Å². The van der Waals surface area contributed by atoms with E-state index < -0.39 is 0 Å². The van der Waals surface area contributed by atoms with Crippen LogP contribution in [0.5, 0.6) is 0 Å². The average molecular weight is 243 g/mol. The van der Waals surface area contributed by atoms with Crippen LogP contribution in [-0.2, 0) is 13.6 Å². The van der Waals surface area contributed by atoms with E-state index in [2.05, 4.69) is 10.4 Å². The number of carbonyl (C=O) groups excluding carboxylic acids is 2. The molecule has 1 aromatic carbocycles. The highest BCUT2D eigenvalue weighted by Crippen LogP contribution is 2.03. The van der Waals surface area contributed by atoms with E-state index in [-0.39, 0.29) is 5.91 Å². The summed E-state index contributed by atoms with van der Waals surface area (Å²) in [5.41, 5.74) is 2.03. The molecule has 0 radical (unpaired) electrons. The summed E-state index contributed by atoms with van der Waals surface area (Å²) in [5, 5.41) is 6.80. The van der Waals surface area contributed by atoms with E-state index in [9.17, 15) is 9.59 Å². The van der Waals surface area contributed by atoms with Crippen LogP contribution in [0.15, 0.2) is 36.7 Å². The van der Waals surface area contributed by atoms with Crippen LogP contribution in [-0.4, -0.2) is 22.0 Å². The molecule has 92 valence electrons. The SMILES string of the molecule is Cn1cc(CNC(=O)c2ccc(C=O)cc2)cn1. The Morgan fingerprint density at radius 3 is 2.67 bits per heavy atom. The number of benzene rings is 1. The van der Waals surface area contributed by atoms with Crippen molar-refractivity contribution >= 4 is 12.2 Å². The Bertz CT molecular complexity index is 558. The molecule has 0 spiro atoms. The third-order valence-electron chi connectivity index (χ3n) is 2.52. The molecule has 0 fully saturated rings. The van der Waals surface area contributed by atoms with E-state index in [1.54, 1.807) is 35.1 Å². The number of amides is 1. The Hall–Kier alpha value is -2.43. The van der Waals surface area contributed by atoms with Gasteiger partial charge in [0.25, 0.3) is 5.91 Å². The van der Waals surface area contributed by atoms with Crippen LogP contribution in [0.25, 0.3) is 0 Å². The Morgan fingerprint density at radius 1 is 1.39 bits per heavy atom. The van der Waals surface area contributed by atoms with Gasteiger partial charge in [0.15, 0.2) is 0 Å². The lowest BCUT2D eigenvalue weighted by atomic mass is 10.1. The maximum Gasteiger partial charge on any atom is 0.251 e. The molecule has 1 aromatic heterocycles. The second kappa shape index (κ2) is 5.27. The summed E-state index contributed by atoms with van der Waals surface area (Å²) in [6.45, 7) is 0.433. The lowest BCUT2D eigenvalue weighted by molar-refractivity contribution is 0.0950. The zero-order valence-electron chi connectivity index (χ0n) is 9.96. The number of aldehydes is 1. The highest BCUT2D eigenvalue weighted by molar-refractivity contribution is 5.94. The minimum Gasteiger partial charge on any atom is -0.348 e. The van der Waals surface area contributed by atoms with E-state index in [4.69, 9.17) is 0 Å². The molecule has 0 aliphatic rings. The van der Waals surface area contributed by atoms with Crippen LogP contribution in [0.2, 0.25) is 0 Å². The van der Waals surface area contributed by atoms with Crippen LogP contribution >= 0.6 is 0 Å². The first kappa shape index (κ1) is 12.0. The highest BCUT2D eigenvalue weighted by Gasteiger charge is 2.05. The zero-order chi connectivity index (χ0) is 13.0. The first-order valence-electron chi connectivity index (χ1n) is 5.50. The normalized spacial score (nSPS) is 10.1. The Kier molecular flexibility index (Phi) is 3.52. The maximum absolute atomic E-state index is 11.8. The van der Waals surface area contributed by atoms with Crippen molar-refractivity contribution < 1.29 is 9.59 Å². The lowest BCUT2D eigenvalue weighted by Gasteiger charge is -2.03. The van der Waals surface area contributed by atoms with Crippen molar-refractivity contribution in [3.05, 3.63) is 53.3 Å². The first-order valence-corrected chi connectivity index (χ1v) is 5.50. The van der Waals surface area contributed by atoms with Crippen molar-refractivity contribution in [2.24, 2.45) is 7.05 Å². The van der Waals surface area contributed by atoms with E-state index in [1.165, 1.54) is 0 Å². The zero-order valence-corrected chi connectivity index (χ0v) is 9.96. The number of hydrogen-bond acceptors (Lipinski definition) is 3. The fourth-order valence-electron chi connectivity index (χ4n) is 1.56. The molecule has 0 saturated heterocycles. The molecule has 2 rings (SSSR count). The predicted octanol–water partition coefficient (Wildman–Crippen LogP) is 1.16. The molecule has 0 atom stereocenters. The van der Waals surface area contributed by atoms with Crippen molar-refractivity contribution in [2.75, 3.05) is 0 Å². The molecule has 0 unspecified atom stereocenters. The smallest absolute Gasteiger partial charge is 0.251 e. The predicted molar refractivity (Wildman–Crippen MR) is 66.2 cm³/mol. The van der Waals surface area contributed by atoms with E-state index >= 15 is 0 Å². The molecule has 1 heterocycles. The molecule has 1 amide bonds. The van der Waals surface area contributed by atoms with E-state index in [0.29, 0.717) is 17.7 Å². The third kappa shape index (κ3) is 2.82. The maximum atomic E-state index is 11.8. The van der Waals surface area contributed by atoms with E-state index in [1.807, 2.05) is 13.2 Å². The van der Waals surface area contributed by atoms with Gasteiger partial charge in [-0.1, -0.05) is 12.1 Å². The Morgan fingerprint density at radius 2 is 2.11 bits per heavy atom. The fourth-order valence-corrected chi connectivity index (χ4v) is 1.56. The molecule has 0 bridgehead atoms. The molecule has 5 heteroatoms. The number of carbonyl (C=O) groups is 2.